The molecule has 110 valence electrons. The van der Waals surface area contributed by atoms with Crippen LogP contribution in [0.1, 0.15) is 19.4 Å². The van der Waals surface area contributed by atoms with Crippen molar-refractivity contribution in [1.29, 1.82) is 0 Å². The summed E-state index contributed by atoms with van der Waals surface area (Å²) in [5.74, 6) is 0. The summed E-state index contributed by atoms with van der Waals surface area (Å²) in [5.41, 5.74) is 2.59. The van der Waals surface area contributed by atoms with Crippen molar-refractivity contribution >= 4 is 21.6 Å². The first-order chi connectivity index (χ1) is 10.1. The molecule has 0 saturated carbocycles. The third-order valence-corrected chi connectivity index (χ3v) is 5.05. The quantitative estimate of drug-likeness (QED) is 0.879. The molecule has 0 spiro atoms. The van der Waals surface area contributed by atoms with Crippen LogP contribution in [0.25, 0.3) is 0 Å². The molecule has 3 heteroatoms. The maximum absolute atomic E-state index is 3.72. The van der Waals surface area contributed by atoms with Crippen LogP contribution in [0.3, 0.4) is 0 Å². The lowest BCUT2D eigenvalue weighted by molar-refractivity contribution is 0.299. The highest BCUT2D eigenvalue weighted by atomic mass is 79.9. The Morgan fingerprint density at radius 1 is 1.10 bits per heavy atom. The SMILES string of the molecule is CC1CNC(C)(c2ccccc2)CN1c1ccccc1Br. The number of hydrogen-bond acceptors (Lipinski definition) is 2. The van der Waals surface area contributed by atoms with Crippen molar-refractivity contribution in [2.45, 2.75) is 25.4 Å². The maximum Gasteiger partial charge on any atom is 0.0584 e. The minimum absolute atomic E-state index is 0.0248. The van der Waals surface area contributed by atoms with Gasteiger partial charge in [-0.15, -0.1) is 0 Å². The van der Waals surface area contributed by atoms with Crippen LogP contribution in [0.5, 0.6) is 0 Å². The average molecular weight is 345 g/mol. The number of benzene rings is 2. The van der Waals surface area contributed by atoms with Gasteiger partial charge in [0.05, 0.1) is 11.2 Å². The predicted octanol–water partition coefficient (Wildman–Crippen LogP) is 4.16. The van der Waals surface area contributed by atoms with Gasteiger partial charge in [-0.25, -0.2) is 0 Å². The molecule has 1 N–H and O–H groups in total. The van der Waals surface area contributed by atoms with Crippen molar-refractivity contribution in [3.63, 3.8) is 0 Å². The monoisotopic (exact) mass is 344 g/mol. The first-order valence-electron chi connectivity index (χ1n) is 7.42. The van der Waals surface area contributed by atoms with Crippen LogP contribution < -0.4 is 10.2 Å². The zero-order valence-corrected chi connectivity index (χ0v) is 14.1. The molecule has 2 aromatic carbocycles. The van der Waals surface area contributed by atoms with E-state index in [-0.39, 0.29) is 5.54 Å². The van der Waals surface area contributed by atoms with Gasteiger partial charge in [-0.2, -0.15) is 0 Å². The Labute approximate surface area is 135 Å². The van der Waals surface area contributed by atoms with Crippen LogP contribution in [0.15, 0.2) is 59.1 Å². The second-order valence-electron chi connectivity index (χ2n) is 6.01. The second kappa shape index (κ2) is 5.82. The topological polar surface area (TPSA) is 15.3 Å². The normalized spacial score (nSPS) is 25.9. The molecule has 0 aliphatic carbocycles. The molecule has 0 radical (unpaired) electrons. The van der Waals surface area contributed by atoms with E-state index in [1.165, 1.54) is 11.3 Å². The lowest BCUT2D eigenvalue weighted by atomic mass is 9.88. The van der Waals surface area contributed by atoms with E-state index in [0.29, 0.717) is 6.04 Å². The Hall–Kier alpha value is -1.32. The summed E-state index contributed by atoms with van der Waals surface area (Å²) in [6.07, 6.45) is 0. The number of para-hydroxylation sites is 1. The number of halogens is 1. The molecule has 3 rings (SSSR count). The van der Waals surface area contributed by atoms with Gasteiger partial charge < -0.3 is 10.2 Å². The summed E-state index contributed by atoms with van der Waals surface area (Å²) >= 11 is 3.69. The number of nitrogens with zero attached hydrogens (tertiary/aromatic N) is 1. The third kappa shape index (κ3) is 2.85. The van der Waals surface area contributed by atoms with Crippen LogP contribution in [-0.2, 0) is 5.54 Å². The highest BCUT2D eigenvalue weighted by Gasteiger charge is 2.35. The van der Waals surface area contributed by atoms with Crippen LogP contribution in [-0.4, -0.2) is 19.1 Å². The van der Waals surface area contributed by atoms with Gasteiger partial charge in [0.1, 0.15) is 0 Å². The molecule has 0 bridgehead atoms. The smallest absolute Gasteiger partial charge is 0.0584 e. The zero-order chi connectivity index (χ0) is 14.9. The molecule has 1 saturated heterocycles. The van der Waals surface area contributed by atoms with E-state index >= 15 is 0 Å². The molecule has 2 unspecified atom stereocenters. The van der Waals surface area contributed by atoms with Crippen LogP contribution in [0, 0.1) is 0 Å². The van der Waals surface area contributed by atoms with Gasteiger partial charge in [0.2, 0.25) is 0 Å². The highest BCUT2D eigenvalue weighted by molar-refractivity contribution is 9.10. The molecule has 2 atom stereocenters. The molecule has 2 nitrogen and oxygen atoms in total. The Morgan fingerprint density at radius 2 is 1.76 bits per heavy atom. The van der Waals surface area contributed by atoms with E-state index in [1.54, 1.807) is 0 Å². The fourth-order valence-corrected chi connectivity index (χ4v) is 3.55. The lowest BCUT2D eigenvalue weighted by Gasteiger charge is -2.47. The van der Waals surface area contributed by atoms with E-state index in [1.807, 2.05) is 0 Å². The summed E-state index contributed by atoms with van der Waals surface area (Å²) in [4.78, 5) is 2.49. The Morgan fingerprint density at radius 3 is 2.48 bits per heavy atom. The molecule has 1 heterocycles. The van der Waals surface area contributed by atoms with Gasteiger partial charge in [0.15, 0.2) is 0 Å². The first kappa shape index (κ1) is 14.6. The van der Waals surface area contributed by atoms with Crippen molar-refractivity contribution in [3.05, 3.63) is 64.6 Å². The minimum atomic E-state index is -0.0248. The van der Waals surface area contributed by atoms with Gasteiger partial charge in [0.25, 0.3) is 0 Å². The van der Waals surface area contributed by atoms with Crippen molar-refractivity contribution < 1.29 is 0 Å². The van der Waals surface area contributed by atoms with Gasteiger partial charge in [-0.1, -0.05) is 42.5 Å². The summed E-state index contributed by atoms with van der Waals surface area (Å²) < 4.78 is 1.16. The molecule has 0 aromatic heterocycles. The molecule has 0 amide bonds. The fourth-order valence-electron chi connectivity index (χ4n) is 3.04. The van der Waals surface area contributed by atoms with Crippen LogP contribution in [0.2, 0.25) is 0 Å². The molecule has 2 aromatic rings. The van der Waals surface area contributed by atoms with Crippen LogP contribution in [0.4, 0.5) is 5.69 Å². The van der Waals surface area contributed by atoms with E-state index in [0.717, 1.165) is 17.6 Å². The molecule has 1 fully saturated rings. The average Bonchev–Trinajstić information content (AvgIpc) is 2.52. The Kier molecular flexibility index (Phi) is 4.05. The number of rotatable bonds is 2. The van der Waals surface area contributed by atoms with Crippen molar-refractivity contribution in [3.8, 4) is 0 Å². The zero-order valence-electron chi connectivity index (χ0n) is 12.5. The third-order valence-electron chi connectivity index (χ3n) is 4.38. The van der Waals surface area contributed by atoms with Crippen molar-refractivity contribution in [2.75, 3.05) is 18.0 Å². The van der Waals surface area contributed by atoms with Gasteiger partial charge in [-0.3, -0.25) is 0 Å². The van der Waals surface area contributed by atoms with Gasteiger partial charge in [-0.05, 0) is 47.5 Å². The summed E-state index contributed by atoms with van der Waals surface area (Å²) in [5, 5.41) is 3.72. The number of anilines is 1. The predicted molar refractivity (Wildman–Crippen MR) is 92.7 cm³/mol. The molecule has 21 heavy (non-hydrogen) atoms. The largest absolute Gasteiger partial charge is 0.364 e. The summed E-state index contributed by atoms with van der Waals surface area (Å²) in [6.45, 7) is 6.50. The molecule has 1 aliphatic rings. The fraction of sp³-hybridized carbons (Fsp3) is 0.333. The van der Waals surface area contributed by atoms with E-state index < -0.39 is 0 Å². The minimum Gasteiger partial charge on any atom is -0.364 e. The number of nitrogens with one attached hydrogen (secondary N) is 1. The van der Waals surface area contributed by atoms with Crippen LogP contribution >= 0.6 is 15.9 Å². The molecular formula is C18H21BrN2. The maximum atomic E-state index is 3.72. The number of hydrogen-bond donors (Lipinski definition) is 1. The Bertz CT molecular complexity index is 614. The van der Waals surface area contributed by atoms with E-state index in [9.17, 15) is 0 Å². The second-order valence-corrected chi connectivity index (χ2v) is 6.86. The standard InChI is InChI=1S/C18H21BrN2/c1-14-12-20-18(2,15-8-4-3-5-9-15)13-21(14)17-11-7-6-10-16(17)19/h3-11,14,20H,12-13H2,1-2H3. The molecular weight excluding hydrogens is 324 g/mol. The first-order valence-corrected chi connectivity index (χ1v) is 8.21. The highest BCUT2D eigenvalue weighted by Crippen LogP contribution is 2.33. The summed E-state index contributed by atoms with van der Waals surface area (Å²) in [7, 11) is 0. The summed E-state index contributed by atoms with van der Waals surface area (Å²) in [6, 6.07) is 19.7. The van der Waals surface area contributed by atoms with E-state index in [2.05, 4.69) is 94.6 Å². The molecule has 1 aliphatic heterocycles. The number of piperazine rings is 1. The van der Waals surface area contributed by atoms with Gasteiger partial charge >= 0.3 is 0 Å². The van der Waals surface area contributed by atoms with Crippen molar-refractivity contribution in [1.82, 2.24) is 5.32 Å². The van der Waals surface area contributed by atoms with E-state index in [4.69, 9.17) is 0 Å². The van der Waals surface area contributed by atoms with Crippen molar-refractivity contribution in [2.24, 2.45) is 0 Å². The Balaban J connectivity index is 1.94. The van der Waals surface area contributed by atoms with Gasteiger partial charge in [0, 0.05) is 23.6 Å². The lowest BCUT2D eigenvalue weighted by Crippen LogP contribution is -2.60.